The summed E-state index contributed by atoms with van der Waals surface area (Å²) in [5.41, 5.74) is 5.22. The lowest BCUT2D eigenvalue weighted by molar-refractivity contribution is 1.07. The average Bonchev–Trinajstić information content (AvgIpc) is 3.52. The van der Waals surface area contributed by atoms with Gasteiger partial charge in [-0.05, 0) is 60.1 Å². The van der Waals surface area contributed by atoms with Crippen molar-refractivity contribution >= 4 is 64.9 Å². The van der Waals surface area contributed by atoms with Gasteiger partial charge >= 0.3 is 0 Å². The van der Waals surface area contributed by atoms with E-state index in [2.05, 4.69) is 124 Å². The summed E-state index contributed by atoms with van der Waals surface area (Å²) < 4.78 is 4.75. The van der Waals surface area contributed by atoms with Crippen LogP contribution in [0.1, 0.15) is 0 Å². The molecule has 0 N–H and O–H groups in total. The highest BCUT2D eigenvalue weighted by Crippen LogP contribution is 2.37. The van der Waals surface area contributed by atoms with Crippen LogP contribution in [0.15, 0.2) is 115 Å². The Labute approximate surface area is 232 Å². The maximum atomic E-state index is 6.47. The van der Waals surface area contributed by atoms with Gasteiger partial charge < -0.3 is 4.57 Å². The molecule has 8 aromatic rings. The van der Waals surface area contributed by atoms with Gasteiger partial charge in [-0.15, -0.1) is 11.3 Å². The van der Waals surface area contributed by atoms with E-state index in [-0.39, 0.29) is 5.28 Å². The van der Waals surface area contributed by atoms with Gasteiger partial charge in [-0.25, -0.2) is 4.98 Å². The van der Waals surface area contributed by atoms with Crippen LogP contribution in [0.3, 0.4) is 0 Å². The van der Waals surface area contributed by atoms with Crippen LogP contribution in [-0.4, -0.2) is 19.5 Å². The number of fused-ring (bicyclic) bond motifs is 6. The fourth-order valence-electron chi connectivity index (χ4n) is 5.44. The SMILES string of the molecule is Clc1nc(-c2ccc3c(c2)sc2ccccc23)nc(-c2ccc3c(c2)c2ccccc2n3-c2ccccc2)n1. The Morgan fingerprint density at radius 2 is 1.15 bits per heavy atom. The molecular formula is C33H19ClN4S. The number of nitrogens with zero attached hydrogens (tertiary/aromatic N) is 4. The van der Waals surface area contributed by atoms with Gasteiger partial charge in [-0.1, -0.05) is 66.7 Å². The van der Waals surface area contributed by atoms with E-state index in [4.69, 9.17) is 16.6 Å². The van der Waals surface area contributed by atoms with Crippen molar-refractivity contribution in [3.8, 4) is 28.5 Å². The topological polar surface area (TPSA) is 43.6 Å². The average molecular weight is 539 g/mol. The third-order valence-corrected chi connectivity index (χ3v) is 8.49. The van der Waals surface area contributed by atoms with Gasteiger partial charge in [-0.2, -0.15) is 9.97 Å². The van der Waals surface area contributed by atoms with Gasteiger partial charge in [-0.3, -0.25) is 0 Å². The monoisotopic (exact) mass is 538 g/mol. The number of rotatable bonds is 3. The zero-order valence-electron chi connectivity index (χ0n) is 20.5. The predicted molar refractivity (Wildman–Crippen MR) is 163 cm³/mol. The van der Waals surface area contributed by atoms with Crippen molar-refractivity contribution in [1.82, 2.24) is 19.5 Å². The molecule has 0 radical (unpaired) electrons. The molecule has 0 unspecified atom stereocenters. The van der Waals surface area contributed by atoms with Gasteiger partial charge in [0.2, 0.25) is 5.28 Å². The first kappa shape index (κ1) is 22.4. The summed E-state index contributed by atoms with van der Waals surface area (Å²) in [6.07, 6.45) is 0. The standard InChI is InChI=1S/C33H19ClN4S/c34-33-36-31(35-32(37-33)21-14-16-25-24-11-5-7-13-29(24)39-30(25)19-21)20-15-17-28-26(18-20)23-10-4-6-12-27(23)38(28)22-8-2-1-3-9-22/h1-19H. The van der Waals surface area contributed by atoms with E-state index < -0.39 is 0 Å². The fourth-order valence-corrected chi connectivity index (χ4v) is 6.75. The van der Waals surface area contributed by atoms with E-state index >= 15 is 0 Å². The lowest BCUT2D eigenvalue weighted by Gasteiger charge is -2.08. The predicted octanol–water partition coefficient (Wildman–Crippen LogP) is 9.32. The van der Waals surface area contributed by atoms with Crippen molar-refractivity contribution in [3.05, 3.63) is 121 Å². The van der Waals surface area contributed by atoms with Crippen molar-refractivity contribution in [2.45, 2.75) is 0 Å². The van der Waals surface area contributed by atoms with Crippen molar-refractivity contribution in [2.75, 3.05) is 0 Å². The smallest absolute Gasteiger partial charge is 0.226 e. The van der Waals surface area contributed by atoms with Gasteiger partial charge in [0.05, 0.1) is 11.0 Å². The Morgan fingerprint density at radius 1 is 0.513 bits per heavy atom. The molecule has 5 aromatic carbocycles. The summed E-state index contributed by atoms with van der Waals surface area (Å²) >= 11 is 8.24. The number of thiophene rings is 1. The molecule has 3 heterocycles. The van der Waals surface area contributed by atoms with E-state index in [1.807, 2.05) is 6.07 Å². The fraction of sp³-hybridized carbons (Fsp3) is 0. The lowest BCUT2D eigenvalue weighted by atomic mass is 10.1. The number of para-hydroxylation sites is 2. The highest BCUT2D eigenvalue weighted by Gasteiger charge is 2.16. The molecule has 0 spiro atoms. The van der Waals surface area contributed by atoms with Crippen LogP contribution >= 0.6 is 22.9 Å². The van der Waals surface area contributed by atoms with Crippen molar-refractivity contribution in [2.24, 2.45) is 0 Å². The molecule has 8 rings (SSSR count). The van der Waals surface area contributed by atoms with E-state index in [0.29, 0.717) is 11.6 Å². The second kappa shape index (κ2) is 8.73. The number of halogens is 1. The second-order valence-electron chi connectivity index (χ2n) is 9.48. The maximum Gasteiger partial charge on any atom is 0.226 e. The Morgan fingerprint density at radius 3 is 2.00 bits per heavy atom. The molecule has 0 aliphatic carbocycles. The van der Waals surface area contributed by atoms with Gasteiger partial charge in [0.15, 0.2) is 11.6 Å². The minimum Gasteiger partial charge on any atom is -0.309 e. The first-order valence-corrected chi connectivity index (χ1v) is 13.8. The summed E-state index contributed by atoms with van der Waals surface area (Å²) in [6.45, 7) is 0. The zero-order chi connectivity index (χ0) is 25.9. The number of hydrogen-bond acceptors (Lipinski definition) is 4. The molecule has 0 amide bonds. The molecule has 0 atom stereocenters. The lowest BCUT2D eigenvalue weighted by Crippen LogP contribution is -1.97. The van der Waals surface area contributed by atoms with E-state index in [1.165, 1.54) is 25.6 Å². The number of aromatic nitrogens is 4. The van der Waals surface area contributed by atoms with Crippen molar-refractivity contribution in [1.29, 1.82) is 0 Å². The van der Waals surface area contributed by atoms with Crippen LogP contribution in [0.5, 0.6) is 0 Å². The maximum absolute atomic E-state index is 6.47. The zero-order valence-corrected chi connectivity index (χ0v) is 22.1. The first-order valence-electron chi connectivity index (χ1n) is 12.7. The molecule has 184 valence electrons. The minimum atomic E-state index is 0.179. The highest BCUT2D eigenvalue weighted by atomic mass is 35.5. The molecule has 0 fully saturated rings. The van der Waals surface area contributed by atoms with E-state index in [1.54, 1.807) is 11.3 Å². The molecule has 39 heavy (non-hydrogen) atoms. The third kappa shape index (κ3) is 3.62. The quantitative estimate of drug-likeness (QED) is 0.225. The van der Waals surface area contributed by atoms with Gasteiger partial charge in [0.25, 0.3) is 0 Å². The van der Waals surface area contributed by atoms with Crippen LogP contribution in [-0.2, 0) is 0 Å². The van der Waals surface area contributed by atoms with Crippen LogP contribution < -0.4 is 0 Å². The summed E-state index contributed by atoms with van der Waals surface area (Å²) in [5, 5.41) is 4.99. The Bertz CT molecular complexity index is 2200. The van der Waals surface area contributed by atoms with Crippen LogP contribution in [0.4, 0.5) is 0 Å². The molecule has 0 aliphatic heterocycles. The van der Waals surface area contributed by atoms with Crippen molar-refractivity contribution < 1.29 is 0 Å². The van der Waals surface area contributed by atoms with Crippen LogP contribution in [0.25, 0.3) is 70.4 Å². The molecule has 6 heteroatoms. The van der Waals surface area contributed by atoms with Crippen molar-refractivity contribution in [3.63, 3.8) is 0 Å². The molecule has 0 saturated carbocycles. The summed E-state index contributed by atoms with van der Waals surface area (Å²) in [5.74, 6) is 1.12. The Kier molecular flexibility index (Phi) is 5.02. The number of benzene rings is 5. The molecule has 0 aliphatic rings. The first-order chi connectivity index (χ1) is 19.2. The number of hydrogen-bond donors (Lipinski definition) is 0. The minimum absolute atomic E-state index is 0.179. The summed E-state index contributed by atoms with van der Waals surface area (Å²) in [4.78, 5) is 13.9. The molecule has 0 bridgehead atoms. The molecule has 4 nitrogen and oxygen atoms in total. The van der Waals surface area contributed by atoms with Gasteiger partial charge in [0.1, 0.15) is 0 Å². The summed E-state index contributed by atoms with van der Waals surface area (Å²) in [7, 11) is 0. The largest absolute Gasteiger partial charge is 0.309 e. The highest BCUT2D eigenvalue weighted by molar-refractivity contribution is 7.25. The van der Waals surface area contributed by atoms with Gasteiger partial charge in [0, 0.05) is 47.8 Å². The molecule has 3 aromatic heterocycles. The van der Waals surface area contributed by atoms with Crippen LogP contribution in [0.2, 0.25) is 5.28 Å². The second-order valence-corrected chi connectivity index (χ2v) is 10.9. The third-order valence-electron chi connectivity index (χ3n) is 7.19. The molecule has 0 saturated heterocycles. The Balaban J connectivity index is 1.29. The van der Waals surface area contributed by atoms with E-state index in [0.717, 1.165) is 33.2 Å². The van der Waals surface area contributed by atoms with Crippen LogP contribution in [0, 0.1) is 0 Å². The normalized spacial score (nSPS) is 11.7. The van der Waals surface area contributed by atoms with E-state index in [9.17, 15) is 0 Å². The Hall–Kier alpha value is -4.58. The summed E-state index contributed by atoms with van der Waals surface area (Å²) in [6, 6.07) is 40.1. The molecular weight excluding hydrogens is 520 g/mol.